The van der Waals surface area contributed by atoms with Crippen LogP contribution in [0.1, 0.15) is 13.3 Å². The van der Waals surface area contributed by atoms with Gasteiger partial charge in [0, 0.05) is 0 Å². The van der Waals surface area contributed by atoms with Crippen LogP contribution in [0.25, 0.3) is 0 Å². The lowest BCUT2D eigenvalue weighted by molar-refractivity contribution is 0.375. The molecule has 0 saturated carbocycles. The van der Waals surface area contributed by atoms with Gasteiger partial charge >= 0.3 is 0 Å². The molecule has 0 aliphatic rings. The normalized spacial score (nSPS) is 8.50. The molecule has 2 N–H and O–H groups in total. The van der Waals surface area contributed by atoms with Gasteiger partial charge in [0.05, 0.1) is 11.6 Å². The second-order valence-corrected chi connectivity index (χ2v) is 2.86. The Labute approximate surface area is 79.6 Å². The average Bonchev–Trinajstić information content (AvgIpc) is 2.02. The first-order valence-electron chi connectivity index (χ1n) is 3.21. The molecule has 12 heavy (non-hydrogen) atoms. The topological polar surface area (TPSA) is 69.4 Å². The lowest BCUT2D eigenvalue weighted by Gasteiger charge is -1.80. The summed E-state index contributed by atoms with van der Waals surface area (Å²) in [6.07, 6.45) is 2.18. The molecular weight excluding hydrogens is 198 g/mol. The molecule has 72 valence electrons. The molecule has 0 aromatic carbocycles. The Balaban J connectivity index is 0. The van der Waals surface area contributed by atoms with Crippen molar-refractivity contribution in [3.8, 4) is 0 Å². The highest BCUT2D eigenvalue weighted by Crippen LogP contribution is 1.70. The van der Waals surface area contributed by atoms with E-state index in [2.05, 4.69) is 23.0 Å². The maximum Gasteiger partial charge on any atom is 0.257 e. The summed E-state index contributed by atoms with van der Waals surface area (Å²) in [5, 5.41) is 0. The van der Waals surface area contributed by atoms with Crippen LogP contribution in [0.3, 0.4) is 0 Å². The summed E-state index contributed by atoms with van der Waals surface area (Å²) in [5.74, 6) is 0. The molecule has 0 unspecified atom stereocenters. The van der Waals surface area contributed by atoms with Gasteiger partial charge in [-0.25, -0.2) is 8.42 Å². The number of thiocarbonyl (C=S) groups is 1. The van der Waals surface area contributed by atoms with Crippen LogP contribution in [0.15, 0.2) is 12.7 Å². The van der Waals surface area contributed by atoms with E-state index >= 15 is 0 Å². The fraction of sp³-hybridized carbons (Fsp3) is 0.500. The quantitative estimate of drug-likeness (QED) is 0.400. The SMILES string of the molecule is C=CCO[SH](=O)=O.CCC(N)=S. The van der Waals surface area contributed by atoms with E-state index in [0.29, 0.717) is 4.99 Å². The van der Waals surface area contributed by atoms with Crippen molar-refractivity contribution < 1.29 is 12.6 Å². The van der Waals surface area contributed by atoms with Crippen LogP contribution in [0.2, 0.25) is 0 Å². The molecule has 4 nitrogen and oxygen atoms in total. The van der Waals surface area contributed by atoms with Gasteiger partial charge in [0.1, 0.15) is 0 Å². The largest absolute Gasteiger partial charge is 0.393 e. The summed E-state index contributed by atoms with van der Waals surface area (Å²) in [6.45, 7) is 5.24. The van der Waals surface area contributed by atoms with E-state index in [4.69, 9.17) is 5.73 Å². The zero-order valence-electron chi connectivity index (χ0n) is 6.86. The molecule has 0 aromatic rings. The number of hydrogen-bond donors (Lipinski definition) is 2. The van der Waals surface area contributed by atoms with Crippen molar-refractivity contribution in [2.24, 2.45) is 5.73 Å². The zero-order chi connectivity index (χ0) is 9.98. The van der Waals surface area contributed by atoms with Crippen molar-refractivity contribution in [3.63, 3.8) is 0 Å². The minimum Gasteiger partial charge on any atom is -0.393 e. The van der Waals surface area contributed by atoms with Gasteiger partial charge < -0.3 is 5.73 Å². The molecule has 0 bridgehead atoms. The maximum absolute atomic E-state index is 9.53. The van der Waals surface area contributed by atoms with Gasteiger partial charge in [-0.2, -0.15) is 0 Å². The van der Waals surface area contributed by atoms with Crippen LogP contribution in [-0.2, 0) is 15.2 Å². The van der Waals surface area contributed by atoms with E-state index in [-0.39, 0.29) is 6.61 Å². The molecule has 0 aliphatic heterocycles. The first-order valence-corrected chi connectivity index (χ1v) is 4.71. The molecule has 0 spiro atoms. The molecule has 6 heteroatoms. The fourth-order valence-corrected chi connectivity index (χ4v) is 0.341. The third-order valence-corrected chi connectivity index (χ3v) is 1.29. The monoisotopic (exact) mass is 211 g/mol. The molecule has 0 fully saturated rings. The van der Waals surface area contributed by atoms with E-state index in [1.165, 1.54) is 6.08 Å². The molecule has 0 heterocycles. The standard InChI is InChI=1S/C3H7NS.C3H6O3S/c1-2-3(4)5;1-2-3-6-7(4)5/h2H2,1H3,(H2,4,5);2,7H,1,3H2. The zero-order valence-corrected chi connectivity index (χ0v) is 8.57. The van der Waals surface area contributed by atoms with Crippen molar-refractivity contribution in [2.75, 3.05) is 6.61 Å². The Morgan fingerprint density at radius 3 is 2.25 bits per heavy atom. The summed E-state index contributed by atoms with van der Waals surface area (Å²) in [5.41, 5.74) is 5.02. The predicted molar refractivity (Wildman–Crippen MR) is 53.5 cm³/mol. The van der Waals surface area contributed by atoms with Gasteiger partial charge in [0.2, 0.25) is 0 Å². The van der Waals surface area contributed by atoms with E-state index in [0.717, 1.165) is 6.42 Å². The lowest BCUT2D eigenvalue weighted by atomic mass is 10.5. The predicted octanol–water partition coefficient (Wildman–Crippen LogP) is 0.398. The van der Waals surface area contributed by atoms with E-state index in [1.807, 2.05) is 6.92 Å². The smallest absolute Gasteiger partial charge is 0.257 e. The number of hydrogen-bond acceptors (Lipinski definition) is 4. The van der Waals surface area contributed by atoms with E-state index in [9.17, 15) is 8.42 Å². The molecule has 0 amide bonds. The summed E-state index contributed by atoms with van der Waals surface area (Å²) in [6, 6.07) is 0. The summed E-state index contributed by atoms with van der Waals surface area (Å²) < 4.78 is 23.1. The van der Waals surface area contributed by atoms with Crippen molar-refractivity contribution in [2.45, 2.75) is 13.3 Å². The van der Waals surface area contributed by atoms with Crippen molar-refractivity contribution in [1.82, 2.24) is 0 Å². The first kappa shape index (κ1) is 14.1. The van der Waals surface area contributed by atoms with Crippen LogP contribution < -0.4 is 5.73 Å². The van der Waals surface area contributed by atoms with Crippen LogP contribution in [0, 0.1) is 0 Å². The van der Waals surface area contributed by atoms with Crippen LogP contribution >= 0.6 is 12.2 Å². The maximum atomic E-state index is 9.53. The highest BCUT2D eigenvalue weighted by molar-refractivity contribution is 7.80. The van der Waals surface area contributed by atoms with Crippen molar-refractivity contribution in [3.05, 3.63) is 12.7 Å². The molecule has 0 aliphatic carbocycles. The minimum atomic E-state index is -2.68. The Morgan fingerprint density at radius 2 is 2.17 bits per heavy atom. The second kappa shape index (κ2) is 10.5. The first-order chi connectivity index (χ1) is 5.54. The van der Waals surface area contributed by atoms with E-state index in [1.54, 1.807) is 0 Å². The minimum absolute atomic E-state index is 0.0682. The lowest BCUT2D eigenvalue weighted by Crippen LogP contribution is -2.03. The summed E-state index contributed by atoms with van der Waals surface area (Å²) in [4.78, 5) is 0.588. The average molecular weight is 211 g/mol. The second-order valence-electron chi connectivity index (χ2n) is 1.63. The molecule has 0 rings (SSSR count). The van der Waals surface area contributed by atoms with Gasteiger partial charge in [0.25, 0.3) is 11.0 Å². The van der Waals surface area contributed by atoms with Crippen LogP contribution in [-0.4, -0.2) is 20.0 Å². The van der Waals surface area contributed by atoms with Crippen LogP contribution in [0.4, 0.5) is 0 Å². The summed E-state index contributed by atoms with van der Waals surface area (Å²) in [7, 11) is -2.68. The van der Waals surface area contributed by atoms with Gasteiger partial charge in [-0.3, -0.25) is 4.18 Å². The van der Waals surface area contributed by atoms with Gasteiger partial charge in [-0.15, -0.1) is 6.58 Å². The highest BCUT2D eigenvalue weighted by Gasteiger charge is 1.75. The molecule has 0 radical (unpaired) electrons. The number of rotatable bonds is 4. The fourth-order valence-electron chi connectivity index (χ4n) is 0.114. The van der Waals surface area contributed by atoms with Gasteiger partial charge in [-0.05, 0) is 6.42 Å². The third kappa shape index (κ3) is 22.7. The molecular formula is C6H13NO3S2. The number of nitrogens with two attached hydrogens (primary N) is 1. The summed E-state index contributed by atoms with van der Waals surface area (Å²) >= 11 is 4.47. The molecule has 0 saturated heterocycles. The van der Waals surface area contributed by atoms with Gasteiger partial charge in [0.15, 0.2) is 0 Å². The Morgan fingerprint density at radius 1 is 1.75 bits per heavy atom. The Kier molecular flexibility index (Phi) is 12.4. The Bertz CT molecular complexity index is 193. The van der Waals surface area contributed by atoms with E-state index < -0.39 is 11.0 Å². The molecule has 0 atom stereocenters. The molecule has 0 aromatic heterocycles. The van der Waals surface area contributed by atoms with Gasteiger partial charge in [-0.1, -0.05) is 25.2 Å². The van der Waals surface area contributed by atoms with Crippen LogP contribution in [0.5, 0.6) is 0 Å². The third-order valence-electron chi connectivity index (χ3n) is 0.646. The number of thiol groups is 1. The van der Waals surface area contributed by atoms with Crippen molar-refractivity contribution >= 4 is 28.2 Å². The highest BCUT2D eigenvalue weighted by atomic mass is 32.2. The van der Waals surface area contributed by atoms with Crippen molar-refractivity contribution in [1.29, 1.82) is 0 Å². The Hall–Kier alpha value is -0.460.